The summed E-state index contributed by atoms with van der Waals surface area (Å²) < 4.78 is 18.8. The van der Waals surface area contributed by atoms with Gasteiger partial charge in [-0.2, -0.15) is 0 Å². The van der Waals surface area contributed by atoms with E-state index >= 15 is 0 Å². The van der Waals surface area contributed by atoms with Gasteiger partial charge in [0.1, 0.15) is 0 Å². The normalized spacial score (nSPS) is 10.2. The number of carbonyl (C=O) groups is 1. The van der Waals surface area contributed by atoms with Crippen LogP contribution in [0.15, 0.2) is 42.5 Å². The molecule has 0 saturated heterocycles. The zero-order chi connectivity index (χ0) is 16.8. The second kappa shape index (κ2) is 7.35. The zero-order valence-electron chi connectivity index (χ0n) is 12.4. The number of benzene rings is 2. The van der Waals surface area contributed by atoms with Gasteiger partial charge in [-0.25, -0.2) is 4.39 Å². The van der Waals surface area contributed by atoms with Crippen LogP contribution < -0.4 is 10.1 Å². The summed E-state index contributed by atoms with van der Waals surface area (Å²) in [6, 6.07) is 10.1. The molecule has 6 nitrogen and oxygen atoms in total. The minimum absolute atomic E-state index is 0.101. The third-order valence-electron chi connectivity index (χ3n) is 3.05. The maximum Gasteiger partial charge on any atom is 0.273 e. The zero-order valence-corrected chi connectivity index (χ0v) is 12.4. The van der Waals surface area contributed by atoms with Crippen LogP contribution in [0.3, 0.4) is 0 Å². The molecular formula is C16H15FN2O4. The first-order valence-corrected chi connectivity index (χ1v) is 6.95. The number of halogens is 1. The van der Waals surface area contributed by atoms with Crippen LogP contribution in [0.25, 0.3) is 0 Å². The van der Waals surface area contributed by atoms with Crippen LogP contribution in [0.5, 0.6) is 5.75 Å². The van der Waals surface area contributed by atoms with Crippen LogP contribution in [0, 0.1) is 15.9 Å². The molecule has 0 saturated carbocycles. The third-order valence-corrected chi connectivity index (χ3v) is 3.05. The van der Waals surface area contributed by atoms with Crippen LogP contribution in [-0.4, -0.2) is 17.4 Å². The van der Waals surface area contributed by atoms with Gasteiger partial charge in [0.15, 0.2) is 11.6 Å². The summed E-state index contributed by atoms with van der Waals surface area (Å²) in [4.78, 5) is 22.4. The number of ether oxygens (including phenoxy) is 1. The monoisotopic (exact) mass is 318 g/mol. The van der Waals surface area contributed by atoms with Gasteiger partial charge in [-0.3, -0.25) is 14.9 Å². The van der Waals surface area contributed by atoms with E-state index in [4.69, 9.17) is 4.74 Å². The first-order chi connectivity index (χ1) is 11.0. The Kier molecular flexibility index (Phi) is 5.24. The molecule has 0 atom stereocenters. The van der Waals surface area contributed by atoms with Gasteiger partial charge in [0, 0.05) is 23.4 Å². The van der Waals surface area contributed by atoms with Crippen molar-refractivity contribution < 1.29 is 18.8 Å². The maximum absolute atomic E-state index is 13.7. The molecule has 0 fully saturated rings. The molecular weight excluding hydrogens is 303 g/mol. The number of hydrogen-bond acceptors (Lipinski definition) is 4. The van der Waals surface area contributed by atoms with E-state index in [1.54, 1.807) is 13.0 Å². The summed E-state index contributed by atoms with van der Waals surface area (Å²) in [5.74, 6) is -0.956. The van der Waals surface area contributed by atoms with E-state index in [2.05, 4.69) is 5.32 Å². The average molecular weight is 318 g/mol. The number of carbonyl (C=O) groups excluding carboxylic acids is 1. The van der Waals surface area contributed by atoms with Gasteiger partial charge in [0.2, 0.25) is 5.91 Å². The molecule has 2 aromatic rings. The third kappa shape index (κ3) is 4.26. The van der Waals surface area contributed by atoms with Crippen LogP contribution in [0.2, 0.25) is 0 Å². The van der Waals surface area contributed by atoms with Crippen molar-refractivity contribution in [1.82, 2.24) is 0 Å². The summed E-state index contributed by atoms with van der Waals surface area (Å²) in [5.41, 5.74) is 0.427. The van der Waals surface area contributed by atoms with Crippen molar-refractivity contribution in [3.63, 3.8) is 0 Å². The lowest BCUT2D eigenvalue weighted by molar-refractivity contribution is -0.385. The molecule has 1 amide bonds. The van der Waals surface area contributed by atoms with Crippen LogP contribution >= 0.6 is 0 Å². The maximum atomic E-state index is 13.7. The van der Waals surface area contributed by atoms with E-state index < -0.39 is 16.6 Å². The molecule has 0 heterocycles. The van der Waals surface area contributed by atoms with Gasteiger partial charge in [-0.05, 0) is 19.1 Å². The molecule has 2 rings (SSSR count). The highest BCUT2D eigenvalue weighted by Gasteiger charge is 2.16. The van der Waals surface area contributed by atoms with E-state index in [0.29, 0.717) is 12.2 Å². The fourth-order valence-electron chi connectivity index (χ4n) is 2.07. The molecule has 2 aromatic carbocycles. The number of rotatable bonds is 6. The Bertz CT molecular complexity index is 734. The Morgan fingerprint density at radius 3 is 2.70 bits per heavy atom. The summed E-state index contributed by atoms with van der Waals surface area (Å²) >= 11 is 0. The van der Waals surface area contributed by atoms with Gasteiger partial charge >= 0.3 is 0 Å². The Labute approximate surface area is 132 Å². The highest BCUT2D eigenvalue weighted by Crippen LogP contribution is 2.22. The highest BCUT2D eigenvalue weighted by atomic mass is 19.1. The fourth-order valence-corrected chi connectivity index (χ4v) is 2.07. The number of para-hydroxylation sites is 1. The largest absolute Gasteiger partial charge is 0.491 e. The van der Waals surface area contributed by atoms with Crippen molar-refractivity contribution in [1.29, 1.82) is 0 Å². The molecule has 23 heavy (non-hydrogen) atoms. The molecule has 0 spiro atoms. The van der Waals surface area contributed by atoms with Crippen molar-refractivity contribution in [3.8, 4) is 5.75 Å². The Morgan fingerprint density at radius 1 is 1.30 bits per heavy atom. The van der Waals surface area contributed by atoms with Crippen LogP contribution in [0.4, 0.5) is 15.8 Å². The van der Waals surface area contributed by atoms with E-state index in [-0.39, 0.29) is 23.5 Å². The number of nitro groups is 1. The molecule has 120 valence electrons. The number of nitrogens with one attached hydrogen (secondary N) is 1. The molecule has 0 radical (unpaired) electrons. The van der Waals surface area contributed by atoms with Gasteiger partial charge in [0.25, 0.3) is 5.69 Å². The van der Waals surface area contributed by atoms with Crippen LogP contribution in [0.1, 0.15) is 12.5 Å². The number of amides is 1. The molecule has 0 unspecified atom stereocenters. The molecule has 7 heteroatoms. The molecule has 0 aliphatic rings. The second-order valence-corrected chi connectivity index (χ2v) is 4.69. The Hall–Kier alpha value is -2.96. The van der Waals surface area contributed by atoms with E-state index in [0.717, 1.165) is 6.07 Å². The first kappa shape index (κ1) is 16.4. The Morgan fingerprint density at radius 2 is 2.04 bits per heavy atom. The number of nitro benzene ring substituents is 1. The minimum atomic E-state index is -0.588. The summed E-state index contributed by atoms with van der Waals surface area (Å²) in [6.07, 6.45) is -0.175. The summed E-state index contributed by atoms with van der Waals surface area (Å²) in [7, 11) is 0. The van der Waals surface area contributed by atoms with Gasteiger partial charge < -0.3 is 10.1 Å². The lowest BCUT2D eigenvalue weighted by Gasteiger charge is -2.08. The minimum Gasteiger partial charge on any atom is -0.491 e. The van der Waals surface area contributed by atoms with Gasteiger partial charge in [0.05, 0.1) is 18.0 Å². The predicted molar refractivity (Wildman–Crippen MR) is 83.0 cm³/mol. The lowest BCUT2D eigenvalue weighted by Crippen LogP contribution is -2.15. The van der Waals surface area contributed by atoms with Crippen molar-refractivity contribution in [2.24, 2.45) is 0 Å². The van der Waals surface area contributed by atoms with E-state index in [1.165, 1.54) is 30.3 Å². The van der Waals surface area contributed by atoms with Gasteiger partial charge in [-0.1, -0.05) is 18.2 Å². The van der Waals surface area contributed by atoms with Gasteiger partial charge in [-0.15, -0.1) is 0 Å². The summed E-state index contributed by atoms with van der Waals surface area (Å²) in [6.45, 7) is 2.07. The fraction of sp³-hybridized carbons (Fsp3) is 0.188. The Balaban J connectivity index is 2.08. The lowest BCUT2D eigenvalue weighted by atomic mass is 10.1. The van der Waals surface area contributed by atoms with Crippen molar-refractivity contribution in [2.75, 3.05) is 11.9 Å². The SMILES string of the molecule is CCOc1ccc(NC(=O)Cc2ccccc2[N+](=O)[O-])cc1F. The molecule has 0 aromatic heterocycles. The topological polar surface area (TPSA) is 81.5 Å². The van der Waals surface area contributed by atoms with E-state index in [9.17, 15) is 19.3 Å². The smallest absolute Gasteiger partial charge is 0.273 e. The first-order valence-electron chi connectivity index (χ1n) is 6.95. The number of nitrogens with zero attached hydrogens (tertiary/aromatic N) is 1. The molecule has 1 N–H and O–H groups in total. The van der Waals surface area contributed by atoms with Crippen molar-refractivity contribution in [3.05, 3.63) is 64.0 Å². The number of anilines is 1. The van der Waals surface area contributed by atoms with Crippen molar-refractivity contribution >= 4 is 17.3 Å². The van der Waals surface area contributed by atoms with Crippen molar-refractivity contribution in [2.45, 2.75) is 13.3 Å². The summed E-state index contributed by atoms with van der Waals surface area (Å²) in [5, 5.41) is 13.4. The predicted octanol–water partition coefficient (Wildman–Crippen LogP) is 3.31. The standard InChI is InChI=1S/C16H15FN2O4/c1-2-23-15-8-7-12(10-13(15)17)18-16(20)9-11-5-3-4-6-14(11)19(21)22/h3-8,10H,2,9H2,1H3,(H,18,20). The molecule has 0 aliphatic heterocycles. The molecule has 0 bridgehead atoms. The highest BCUT2D eigenvalue weighted by molar-refractivity contribution is 5.92. The van der Waals surface area contributed by atoms with Crippen LogP contribution in [-0.2, 0) is 11.2 Å². The average Bonchev–Trinajstić information content (AvgIpc) is 2.50. The quantitative estimate of drug-likeness (QED) is 0.654. The molecule has 0 aliphatic carbocycles. The van der Waals surface area contributed by atoms with E-state index in [1.807, 2.05) is 0 Å². The second-order valence-electron chi connectivity index (χ2n) is 4.69. The number of hydrogen-bond donors (Lipinski definition) is 1.